The molecule has 2 aromatic heterocycles. The molecule has 0 bridgehead atoms. The van der Waals surface area contributed by atoms with E-state index in [4.69, 9.17) is 10.5 Å². The lowest BCUT2D eigenvalue weighted by Crippen LogP contribution is -2.09. The van der Waals surface area contributed by atoms with Crippen molar-refractivity contribution < 1.29 is 9.53 Å². The molecule has 2 N–H and O–H groups in total. The molecule has 9 nitrogen and oxygen atoms in total. The zero-order chi connectivity index (χ0) is 12.4. The first-order valence-electron chi connectivity index (χ1n) is 4.88. The van der Waals surface area contributed by atoms with E-state index in [1.807, 2.05) is 0 Å². The Balaban J connectivity index is 2.37. The van der Waals surface area contributed by atoms with Crippen LogP contribution >= 0.6 is 0 Å². The number of nitrogen functional groups attached to an aromatic ring is 1. The van der Waals surface area contributed by atoms with Gasteiger partial charge >= 0.3 is 5.97 Å². The number of aromatic nitrogens is 6. The second kappa shape index (κ2) is 4.20. The molecule has 0 unspecified atom stereocenters. The Labute approximate surface area is 96.2 Å². The topological polar surface area (TPSA) is 114 Å². The first-order valence-corrected chi connectivity index (χ1v) is 4.88. The first-order chi connectivity index (χ1) is 8.13. The quantitative estimate of drug-likeness (QED) is 0.692. The smallest absolute Gasteiger partial charge is 0.361 e. The Kier molecular flexibility index (Phi) is 2.73. The Morgan fingerprint density at radius 3 is 2.94 bits per heavy atom. The summed E-state index contributed by atoms with van der Waals surface area (Å²) in [5.74, 6) is -0.217. The molecule has 0 radical (unpaired) electrons. The number of carbonyl (C=O) groups excluding carboxylic acids is 1. The highest BCUT2D eigenvalue weighted by Gasteiger charge is 2.18. The second-order valence-corrected chi connectivity index (χ2v) is 3.20. The molecule has 90 valence electrons. The van der Waals surface area contributed by atoms with Gasteiger partial charge in [0.1, 0.15) is 0 Å². The predicted molar refractivity (Wildman–Crippen MR) is 56.3 cm³/mol. The molecular weight excluding hydrogens is 226 g/mol. The van der Waals surface area contributed by atoms with Crippen LogP contribution in [0.1, 0.15) is 17.4 Å². The standard InChI is InChI=1S/C8H11N7O2/c1-3-17-7(16)6-5(9)4-15(11-6)8-10-12-13-14(8)2/h4H,3,9H2,1-2H3. The molecule has 0 fully saturated rings. The molecule has 0 spiro atoms. The molecular formula is C8H11N7O2. The van der Waals surface area contributed by atoms with Gasteiger partial charge in [-0.1, -0.05) is 5.10 Å². The van der Waals surface area contributed by atoms with Crippen LogP contribution in [-0.2, 0) is 11.8 Å². The van der Waals surface area contributed by atoms with Crippen LogP contribution in [0.25, 0.3) is 5.95 Å². The fraction of sp³-hybridized carbons (Fsp3) is 0.375. The lowest BCUT2D eigenvalue weighted by Gasteiger charge is -1.98. The van der Waals surface area contributed by atoms with Crippen LogP contribution in [0.2, 0.25) is 0 Å². The summed E-state index contributed by atoms with van der Waals surface area (Å²) < 4.78 is 7.54. The van der Waals surface area contributed by atoms with E-state index in [2.05, 4.69) is 20.6 Å². The number of esters is 1. The maximum absolute atomic E-state index is 11.5. The number of hydrogen-bond donors (Lipinski definition) is 1. The minimum atomic E-state index is -0.570. The van der Waals surface area contributed by atoms with Gasteiger partial charge in [0.25, 0.3) is 5.95 Å². The summed E-state index contributed by atoms with van der Waals surface area (Å²) >= 11 is 0. The van der Waals surface area contributed by atoms with E-state index in [1.54, 1.807) is 14.0 Å². The molecule has 0 atom stereocenters. The van der Waals surface area contributed by atoms with Gasteiger partial charge in [-0.3, -0.25) is 0 Å². The molecule has 0 aliphatic heterocycles. The van der Waals surface area contributed by atoms with Crippen molar-refractivity contribution in [2.75, 3.05) is 12.3 Å². The van der Waals surface area contributed by atoms with Crippen molar-refractivity contribution in [1.82, 2.24) is 30.0 Å². The maximum atomic E-state index is 11.5. The number of anilines is 1. The Bertz CT molecular complexity index is 544. The lowest BCUT2D eigenvalue weighted by molar-refractivity contribution is 0.0520. The van der Waals surface area contributed by atoms with E-state index in [0.29, 0.717) is 5.95 Å². The van der Waals surface area contributed by atoms with Crippen molar-refractivity contribution in [2.45, 2.75) is 6.92 Å². The van der Waals surface area contributed by atoms with Gasteiger partial charge in [-0.25, -0.2) is 14.2 Å². The van der Waals surface area contributed by atoms with Gasteiger partial charge in [0.15, 0.2) is 5.69 Å². The molecule has 0 aromatic carbocycles. The molecule has 0 aliphatic carbocycles. The number of aryl methyl sites for hydroxylation is 1. The van der Waals surface area contributed by atoms with Gasteiger partial charge in [0.2, 0.25) is 0 Å². The van der Waals surface area contributed by atoms with E-state index in [-0.39, 0.29) is 18.0 Å². The molecule has 0 amide bonds. The molecule has 0 aliphatic rings. The molecule has 17 heavy (non-hydrogen) atoms. The van der Waals surface area contributed by atoms with Crippen LogP contribution in [0.5, 0.6) is 0 Å². The highest BCUT2D eigenvalue weighted by Crippen LogP contribution is 2.12. The Morgan fingerprint density at radius 2 is 2.35 bits per heavy atom. The summed E-state index contributed by atoms with van der Waals surface area (Å²) in [4.78, 5) is 11.5. The Hall–Kier alpha value is -2.45. The number of carbonyl (C=O) groups is 1. The number of tetrazole rings is 1. The third-order valence-corrected chi connectivity index (χ3v) is 2.01. The predicted octanol–water partition coefficient (Wildman–Crippen LogP) is -0.845. The van der Waals surface area contributed by atoms with Gasteiger partial charge < -0.3 is 10.5 Å². The highest BCUT2D eigenvalue weighted by molar-refractivity contribution is 5.92. The van der Waals surface area contributed by atoms with Crippen LogP contribution in [-0.4, -0.2) is 42.6 Å². The summed E-state index contributed by atoms with van der Waals surface area (Å²) in [5.41, 5.74) is 5.93. The summed E-state index contributed by atoms with van der Waals surface area (Å²) in [7, 11) is 1.65. The second-order valence-electron chi connectivity index (χ2n) is 3.20. The summed E-state index contributed by atoms with van der Waals surface area (Å²) in [6.45, 7) is 1.97. The van der Waals surface area contributed by atoms with Crippen LogP contribution in [0, 0.1) is 0 Å². The number of rotatable bonds is 3. The van der Waals surface area contributed by atoms with Gasteiger partial charge in [-0.05, 0) is 17.4 Å². The monoisotopic (exact) mass is 237 g/mol. The lowest BCUT2D eigenvalue weighted by atomic mass is 10.4. The largest absolute Gasteiger partial charge is 0.461 e. The van der Waals surface area contributed by atoms with E-state index >= 15 is 0 Å². The third-order valence-electron chi connectivity index (χ3n) is 2.01. The van der Waals surface area contributed by atoms with Crippen molar-refractivity contribution >= 4 is 11.7 Å². The summed E-state index contributed by atoms with van der Waals surface area (Å²) in [6, 6.07) is 0. The van der Waals surface area contributed by atoms with Crippen molar-refractivity contribution in [2.24, 2.45) is 7.05 Å². The zero-order valence-electron chi connectivity index (χ0n) is 9.36. The van der Waals surface area contributed by atoms with E-state index in [1.165, 1.54) is 15.6 Å². The fourth-order valence-electron chi connectivity index (χ4n) is 1.27. The zero-order valence-corrected chi connectivity index (χ0v) is 9.36. The first kappa shape index (κ1) is 11.0. The van der Waals surface area contributed by atoms with Crippen LogP contribution in [0.15, 0.2) is 6.20 Å². The Morgan fingerprint density at radius 1 is 1.59 bits per heavy atom. The molecule has 0 saturated carbocycles. The average molecular weight is 237 g/mol. The maximum Gasteiger partial charge on any atom is 0.361 e. The van der Waals surface area contributed by atoms with Gasteiger partial charge in [-0.2, -0.15) is 5.10 Å². The van der Waals surface area contributed by atoms with E-state index in [9.17, 15) is 4.79 Å². The van der Waals surface area contributed by atoms with Crippen molar-refractivity contribution in [3.63, 3.8) is 0 Å². The summed E-state index contributed by atoms with van der Waals surface area (Å²) in [5, 5.41) is 14.8. The molecule has 0 saturated heterocycles. The van der Waals surface area contributed by atoms with E-state index in [0.717, 1.165) is 0 Å². The molecule has 9 heteroatoms. The van der Waals surface area contributed by atoms with E-state index < -0.39 is 5.97 Å². The molecule has 2 heterocycles. The normalized spacial score (nSPS) is 10.5. The minimum Gasteiger partial charge on any atom is -0.461 e. The number of nitrogens with two attached hydrogens (primary N) is 1. The van der Waals surface area contributed by atoms with Crippen LogP contribution in [0.4, 0.5) is 5.69 Å². The van der Waals surface area contributed by atoms with Gasteiger partial charge in [-0.15, -0.1) is 0 Å². The number of ether oxygens (including phenoxy) is 1. The number of hydrogen-bond acceptors (Lipinski definition) is 7. The number of nitrogens with zero attached hydrogens (tertiary/aromatic N) is 6. The van der Waals surface area contributed by atoms with Crippen LogP contribution in [0.3, 0.4) is 0 Å². The summed E-state index contributed by atoms with van der Waals surface area (Å²) in [6.07, 6.45) is 1.46. The molecule has 2 rings (SSSR count). The third kappa shape index (κ3) is 1.94. The van der Waals surface area contributed by atoms with Gasteiger partial charge in [0.05, 0.1) is 18.5 Å². The molecule has 2 aromatic rings. The van der Waals surface area contributed by atoms with Crippen molar-refractivity contribution in [3.8, 4) is 5.95 Å². The fourth-order valence-corrected chi connectivity index (χ4v) is 1.27. The van der Waals surface area contributed by atoms with Crippen molar-refractivity contribution in [1.29, 1.82) is 0 Å². The minimum absolute atomic E-state index is 0.0508. The van der Waals surface area contributed by atoms with Crippen molar-refractivity contribution in [3.05, 3.63) is 11.9 Å². The average Bonchev–Trinajstić information content (AvgIpc) is 2.84. The van der Waals surface area contributed by atoms with Crippen LogP contribution < -0.4 is 5.73 Å². The SMILES string of the molecule is CCOC(=O)c1nn(-c2nnnn2C)cc1N. The highest BCUT2D eigenvalue weighted by atomic mass is 16.5. The van der Waals surface area contributed by atoms with Gasteiger partial charge in [0, 0.05) is 7.05 Å².